The predicted molar refractivity (Wildman–Crippen MR) is 42.9 cm³/mol. The van der Waals surface area contributed by atoms with Gasteiger partial charge in [0.1, 0.15) is 6.29 Å². The normalized spacial score (nSPS) is 31.8. The molecule has 0 bridgehead atoms. The lowest BCUT2D eigenvalue weighted by molar-refractivity contribution is -0.115. The maximum absolute atomic E-state index is 10.6. The van der Waals surface area contributed by atoms with Crippen LogP contribution >= 0.6 is 0 Å². The summed E-state index contributed by atoms with van der Waals surface area (Å²) in [6.45, 7) is 2.11. The lowest BCUT2D eigenvalue weighted by Crippen LogP contribution is -2.20. The second-order valence-corrected chi connectivity index (χ2v) is 3.78. The molecule has 1 saturated carbocycles. The number of carbonyl (C=O) groups excluding carboxylic acids is 1. The smallest absolute Gasteiger partial charge is 0.128 e. The molecule has 1 aliphatic carbocycles. The summed E-state index contributed by atoms with van der Waals surface area (Å²) in [4.78, 5) is 10.6. The zero-order valence-corrected chi connectivity index (χ0v) is 7.12. The van der Waals surface area contributed by atoms with Gasteiger partial charge >= 0.3 is 0 Å². The van der Waals surface area contributed by atoms with Crippen LogP contribution in [0, 0.1) is 5.41 Å². The lowest BCUT2D eigenvalue weighted by atomic mass is 10.1. The fourth-order valence-corrected chi connectivity index (χ4v) is 1.38. The van der Waals surface area contributed by atoms with E-state index in [0.29, 0.717) is 13.2 Å². The Hall–Kier alpha value is -0.410. The van der Waals surface area contributed by atoms with Gasteiger partial charge in [0.05, 0.1) is 19.3 Å². The zero-order chi connectivity index (χ0) is 8.44. The molecular weight excluding hydrogens is 156 g/mol. The van der Waals surface area contributed by atoms with Crippen LogP contribution in [0.15, 0.2) is 0 Å². The monoisotopic (exact) mass is 170 g/mol. The van der Waals surface area contributed by atoms with Gasteiger partial charge in [-0.2, -0.15) is 0 Å². The molecule has 68 valence electrons. The van der Waals surface area contributed by atoms with E-state index in [1.807, 2.05) is 0 Å². The minimum atomic E-state index is -0.109. The zero-order valence-electron chi connectivity index (χ0n) is 7.12. The molecule has 1 aliphatic heterocycles. The molecule has 0 aromatic carbocycles. The Bertz CT molecular complexity index is 169. The van der Waals surface area contributed by atoms with E-state index in [1.165, 1.54) is 0 Å². The van der Waals surface area contributed by atoms with E-state index in [1.54, 1.807) is 0 Å². The first kappa shape index (κ1) is 8.20. The summed E-state index contributed by atoms with van der Waals surface area (Å²) in [5, 5.41) is 0. The predicted octanol–water partition coefficient (Wildman–Crippen LogP) is 0.771. The van der Waals surface area contributed by atoms with Crippen LogP contribution in [0.5, 0.6) is 0 Å². The van der Waals surface area contributed by atoms with Gasteiger partial charge in [0.2, 0.25) is 0 Å². The summed E-state index contributed by atoms with van der Waals surface area (Å²) >= 11 is 0. The Morgan fingerprint density at radius 1 is 1.58 bits per heavy atom. The third kappa shape index (κ3) is 1.67. The molecule has 0 amide bonds. The fraction of sp³-hybridized carbons (Fsp3) is 0.889. The quantitative estimate of drug-likeness (QED) is 0.585. The van der Waals surface area contributed by atoms with Gasteiger partial charge < -0.3 is 14.3 Å². The van der Waals surface area contributed by atoms with Crippen molar-refractivity contribution in [2.24, 2.45) is 5.41 Å². The van der Waals surface area contributed by atoms with Crippen molar-refractivity contribution in [2.75, 3.05) is 19.8 Å². The van der Waals surface area contributed by atoms with Crippen LogP contribution in [0.2, 0.25) is 0 Å². The van der Waals surface area contributed by atoms with Gasteiger partial charge in [0.25, 0.3) is 0 Å². The average molecular weight is 170 g/mol. The minimum absolute atomic E-state index is 0.109. The molecule has 2 fully saturated rings. The van der Waals surface area contributed by atoms with Crippen LogP contribution in [0.4, 0.5) is 0 Å². The second-order valence-electron chi connectivity index (χ2n) is 3.78. The highest BCUT2D eigenvalue weighted by atomic mass is 16.5. The molecule has 0 aromatic heterocycles. The maximum Gasteiger partial charge on any atom is 0.128 e. The molecule has 3 nitrogen and oxygen atoms in total. The molecule has 1 atom stereocenters. The highest BCUT2D eigenvalue weighted by molar-refractivity contribution is 5.63. The molecule has 1 unspecified atom stereocenters. The summed E-state index contributed by atoms with van der Waals surface area (Å²) < 4.78 is 10.7. The number of rotatable bonds is 4. The van der Waals surface area contributed by atoms with Crippen molar-refractivity contribution in [3.63, 3.8) is 0 Å². The summed E-state index contributed by atoms with van der Waals surface area (Å²) in [5.74, 6) is 0. The highest BCUT2D eigenvalue weighted by Crippen LogP contribution is 2.43. The molecule has 0 aromatic rings. The van der Waals surface area contributed by atoms with Crippen LogP contribution in [-0.2, 0) is 14.3 Å². The number of carbonyl (C=O) groups is 1. The molecule has 3 heteroatoms. The molecule has 0 spiro atoms. The summed E-state index contributed by atoms with van der Waals surface area (Å²) in [6, 6.07) is 0. The van der Waals surface area contributed by atoms with E-state index in [0.717, 1.165) is 32.2 Å². The van der Waals surface area contributed by atoms with Crippen LogP contribution in [-0.4, -0.2) is 32.2 Å². The van der Waals surface area contributed by atoms with Crippen molar-refractivity contribution in [3.05, 3.63) is 0 Å². The van der Waals surface area contributed by atoms with Crippen molar-refractivity contribution in [3.8, 4) is 0 Å². The van der Waals surface area contributed by atoms with Gasteiger partial charge in [0.15, 0.2) is 0 Å². The summed E-state index contributed by atoms with van der Waals surface area (Å²) in [7, 11) is 0. The maximum atomic E-state index is 10.6. The molecule has 2 aliphatic rings. The third-order valence-electron chi connectivity index (χ3n) is 2.64. The van der Waals surface area contributed by atoms with Crippen molar-refractivity contribution in [1.82, 2.24) is 0 Å². The first-order chi connectivity index (χ1) is 5.85. The van der Waals surface area contributed by atoms with Crippen LogP contribution in [0.3, 0.4) is 0 Å². The number of ether oxygens (including phenoxy) is 2. The van der Waals surface area contributed by atoms with Crippen LogP contribution in [0.25, 0.3) is 0 Å². The number of hydrogen-bond donors (Lipinski definition) is 0. The number of hydrogen-bond acceptors (Lipinski definition) is 3. The molecule has 0 radical (unpaired) electrons. The average Bonchev–Trinajstić information content (AvgIpc) is 2.70. The van der Waals surface area contributed by atoms with Crippen molar-refractivity contribution < 1.29 is 14.3 Å². The molecule has 2 rings (SSSR count). The lowest BCUT2D eigenvalue weighted by Gasteiger charge is -2.12. The van der Waals surface area contributed by atoms with Gasteiger partial charge in [-0.1, -0.05) is 0 Å². The van der Waals surface area contributed by atoms with Gasteiger partial charge in [0, 0.05) is 12.0 Å². The van der Waals surface area contributed by atoms with Gasteiger partial charge in [-0.05, 0) is 19.3 Å². The Morgan fingerprint density at radius 3 is 2.92 bits per heavy atom. The van der Waals surface area contributed by atoms with Crippen molar-refractivity contribution in [1.29, 1.82) is 0 Å². The van der Waals surface area contributed by atoms with Crippen LogP contribution < -0.4 is 0 Å². The van der Waals surface area contributed by atoms with E-state index in [2.05, 4.69) is 0 Å². The molecule has 1 heterocycles. The Kier molecular flexibility index (Phi) is 2.15. The van der Waals surface area contributed by atoms with Crippen LogP contribution in [0.1, 0.15) is 19.3 Å². The SMILES string of the molecule is O=CC1(COC2CCOC2)CC1. The fourth-order valence-electron chi connectivity index (χ4n) is 1.38. The largest absolute Gasteiger partial charge is 0.379 e. The number of aldehydes is 1. The highest BCUT2D eigenvalue weighted by Gasteiger charge is 2.43. The molecule has 1 saturated heterocycles. The van der Waals surface area contributed by atoms with E-state index in [4.69, 9.17) is 9.47 Å². The molecule has 12 heavy (non-hydrogen) atoms. The Morgan fingerprint density at radius 2 is 2.42 bits per heavy atom. The van der Waals surface area contributed by atoms with E-state index >= 15 is 0 Å². The molecule has 0 N–H and O–H groups in total. The minimum Gasteiger partial charge on any atom is -0.379 e. The van der Waals surface area contributed by atoms with E-state index in [9.17, 15) is 4.79 Å². The summed E-state index contributed by atoms with van der Waals surface area (Å²) in [5.41, 5.74) is -0.109. The summed E-state index contributed by atoms with van der Waals surface area (Å²) in [6.07, 6.45) is 4.27. The van der Waals surface area contributed by atoms with Gasteiger partial charge in [-0.15, -0.1) is 0 Å². The Balaban J connectivity index is 1.70. The first-order valence-electron chi connectivity index (χ1n) is 4.50. The van der Waals surface area contributed by atoms with Crippen molar-refractivity contribution in [2.45, 2.75) is 25.4 Å². The topological polar surface area (TPSA) is 35.5 Å². The molecular formula is C9H14O3. The Labute approximate surface area is 72.0 Å². The van der Waals surface area contributed by atoms with Gasteiger partial charge in [-0.25, -0.2) is 0 Å². The second kappa shape index (κ2) is 3.15. The third-order valence-corrected chi connectivity index (χ3v) is 2.64. The van der Waals surface area contributed by atoms with Gasteiger partial charge in [-0.3, -0.25) is 0 Å². The van der Waals surface area contributed by atoms with E-state index in [-0.39, 0.29) is 11.5 Å². The first-order valence-corrected chi connectivity index (χ1v) is 4.50. The van der Waals surface area contributed by atoms with E-state index < -0.39 is 0 Å². The standard InChI is InChI=1S/C9H14O3/c10-6-9(2-3-9)7-12-8-1-4-11-5-8/h6,8H,1-5,7H2. The van der Waals surface area contributed by atoms with Crippen molar-refractivity contribution >= 4 is 6.29 Å².